The Morgan fingerprint density at radius 3 is 2.41 bits per heavy atom. The zero-order valence-electron chi connectivity index (χ0n) is 12.6. The van der Waals surface area contributed by atoms with Gasteiger partial charge < -0.3 is 14.3 Å². The molecule has 0 unspecified atom stereocenters. The molecular formula is C17H16NO3Y-. The molecule has 4 nitrogen and oxygen atoms in total. The van der Waals surface area contributed by atoms with Crippen molar-refractivity contribution in [2.45, 2.75) is 12.8 Å². The van der Waals surface area contributed by atoms with E-state index >= 15 is 0 Å². The maximum Gasteiger partial charge on any atom is 0.157 e. The predicted octanol–water partition coefficient (Wildman–Crippen LogP) is 2.65. The molecule has 0 fully saturated rings. The fraction of sp³-hybridized carbons (Fsp3) is 0.235. The number of aromatic nitrogens is 1. The third-order valence-electron chi connectivity index (χ3n) is 3.75. The zero-order chi connectivity index (χ0) is 14.8. The summed E-state index contributed by atoms with van der Waals surface area (Å²) in [6.07, 6.45) is 4.81. The van der Waals surface area contributed by atoms with Crippen LogP contribution in [0.2, 0.25) is 0 Å². The van der Waals surface area contributed by atoms with E-state index in [4.69, 9.17) is 9.47 Å². The number of rotatable bonds is 4. The Labute approximate surface area is 155 Å². The van der Waals surface area contributed by atoms with Crippen molar-refractivity contribution in [3.63, 3.8) is 0 Å². The minimum absolute atomic E-state index is 0. The molecule has 111 valence electrons. The molecule has 1 aliphatic carbocycles. The first kappa shape index (κ1) is 17.0. The van der Waals surface area contributed by atoms with Crippen LogP contribution in [0.1, 0.15) is 21.5 Å². The first-order valence-corrected chi connectivity index (χ1v) is 6.76. The third kappa shape index (κ3) is 3.18. The molecule has 0 saturated heterocycles. The molecule has 1 radical (unpaired) electrons. The van der Waals surface area contributed by atoms with E-state index in [1.165, 1.54) is 0 Å². The van der Waals surface area contributed by atoms with Crippen molar-refractivity contribution in [2.24, 2.45) is 0 Å². The number of carbonyl (C=O) groups is 1. The molecule has 1 aliphatic rings. The fourth-order valence-corrected chi connectivity index (χ4v) is 2.67. The van der Waals surface area contributed by atoms with Crippen LogP contribution in [-0.2, 0) is 45.6 Å². The summed E-state index contributed by atoms with van der Waals surface area (Å²) in [6.45, 7) is 0. The summed E-state index contributed by atoms with van der Waals surface area (Å²) in [5.74, 6) is 2.25. The summed E-state index contributed by atoms with van der Waals surface area (Å²) in [6, 6.07) is 7.54. The Kier molecular flexibility index (Phi) is 5.60. The first-order valence-electron chi connectivity index (χ1n) is 6.76. The van der Waals surface area contributed by atoms with Crippen molar-refractivity contribution in [3.05, 3.63) is 59.3 Å². The molecule has 0 aliphatic heterocycles. The van der Waals surface area contributed by atoms with E-state index in [9.17, 15) is 4.79 Å². The van der Waals surface area contributed by atoms with Gasteiger partial charge in [-0.1, -0.05) is 24.5 Å². The standard InChI is InChI=1S/C17H16NO3.Y/c1-20-15-9-12-8-13(7-11-3-5-18-6-4-11)17(19)14(12)10-16(15)21-2;/h3-6,9-10H,7-8H2,1-2H3;/q-1;. The quantitative estimate of drug-likeness (QED) is 0.776. The summed E-state index contributed by atoms with van der Waals surface area (Å²) >= 11 is 0. The predicted molar refractivity (Wildman–Crippen MR) is 78.8 cm³/mol. The van der Waals surface area contributed by atoms with Gasteiger partial charge in [0, 0.05) is 50.9 Å². The minimum atomic E-state index is 0. The van der Waals surface area contributed by atoms with Crippen LogP contribution in [0.25, 0.3) is 0 Å². The van der Waals surface area contributed by atoms with Crippen molar-refractivity contribution in [3.8, 4) is 11.5 Å². The van der Waals surface area contributed by atoms with Crippen LogP contribution in [0.3, 0.4) is 0 Å². The molecule has 1 aromatic heterocycles. The van der Waals surface area contributed by atoms with Gasteiger partial charge in [-0.25, -0.2) is 0 Å². The molecule has 1 heterocycles. The van der Waals surface area contributed by atoms with Gasteiger partial charge in [0.1, 0.15) is 5.75 Å². The zero-order valence-corrected chi connectivity index (χ0v) is 15.5. The van der Waals surface area contributed by atoms with Gasteiger partial charge in [0.15, 0.2) is 5.75 Å². The monoisotopic (exact) mass is 371 g/mol. The van der Waals surface area contributed by atoms with Crippen molar-refractivity contribution >= 4 is 5.78 Å². The Balaban J connectivity index is 0.00000176. The second-order valence-electron chi connectivity index (χ2n) is 5.01. The van der Waals surface area contributed by atoms with Crippen LogP contribution in [0.15, 0.2) is 36.7 Å². The summed E-state index contributed by atoms with van der Waals surface area (Å²) in [5, 5.41) is 0. The van der Waals surface area contributed by atoms with E-state index in [1.54, 1.807) is 32.7 Å². The molecule has 0 amide bonds. The number of methoxy groups -OCH3 is 2. The van der Waals surface area contributed by atoms with Gasteiger partial charge in [-0.15, -0.1) is 11.1 Å². The van der Waals surface area contributed by atoms with Crippen LogP contribution in [-0.4, -0.2) is 25.0 Å². The number of hydrogen-bond donors (Lipinski definition) is 0. The van der Waals surface area contributed by atoms with Crippen molar-refractivity contribution in [1.82, 2.24) is 4.98 Å². The van der Waals surface area contributed by atoms with Crippen molar-refractivity contribution in [1.29, 1.82) is 0 Å². The number of carbonyl (C=O) groups excluding carboxylic acids is 1. The molecule has 0 atom stereocenters. The normalized spacial score (nSPS) is 12.6. The van der Waals surface area contributed by atoms with E-state index in [0.29, 0.717) is 24.3 Å². The summed E-state index contributed by atoms with van der Waals surface area (Å²) in [4.78, 5) is 16.5. The van der Waals surface area contributed by atoms with Gasteiger partial charge in [0.25, 0.3) is 0 Å². The Bertz CT molecular complexity index is 673. The van der Waals surface area contributed by atoms with Gasteiger partial charge in [-0.05, 0) is 18.2 Å². The number of ether oxygens (including phenoxy) is 2. The van der Waals surface area contributed by atoms with Crippen molar-refractivity contribution < 1.29 is 47.0 Å². The molecule has 2 aromatic rings. The van der Waals surface area contributed by atoms with Crippen LogP contribution < -0.4 is 9.47 Å². The molecule has 0 spiro atoms. The summed E-state index contributed by atoms with van der Waals surface area (Å²) in [5.41, 5.74) is 2.82. The smallest absolute Gasteiger partial charge is 0.157 e. The second-order valence-corrected chi connectivity index (χ2v) is 5.01. The van der Waals surface area contributed by atoms with E-state index in [1.807, 2.05) is 18.2 Å². The third-order valence-corrected chi connectivity index (χ3v) is 3.75. The Morgan fingerprint density at radius 2 is 1.77 bits per heavy atom. The molecule has 22 heavy (non-hydrogen) atoms. The topological polar surface area (TPSA) is 48.4 Å². The summed E-state index contributed by atoms with van der Waals surface area (Å²) in [7, 11) is 3.17. The maximum atomic E-state index is 12.5. The SMILES string of the molecule is COc1cc2c(cc1OC)C(=O)[C-](Cc1ccncc1)C2.[Y]. The molecule has 5 heteroatoms. The number of fused-ring (bicyclic) bond motifs is 1. The van der Waals surface area contributed by atoms with E-state index in [2.05, 4.69) is 4.98 Å². The number of ketones is 1. The molecule has 0 N–H and O–H groups in total. The number of nitrogens with zero attached hydrogens (tertiary/aromatic N) is 1. The van der Waals surface area contributed by atoms with Gasteiger partial charge in [0.2, 0.25) is 0 Å². The van der Waals surface area contributed by atoms with E-state index < -0.39 is 0 Å². The van der Waals surface area contributed by atoms with Crippen LogP contribution in [0.5, 0.6) is 11.5 Å². The molecule has 0 saturated carbocycles. The van der Waals surface area contributed by atoms with Gasteiger partial charge in [0.05, 0.1) is 14.2 Å². The van der Waals surface area contributed by atoms with Gasteiger partial charge in [-0.2, -0.15) is 5.92 Å². The minimum Gasteiger partial charge on any atom is -0.494 e. The van der Waals surface area contributed by atoms with Crippen LogP contribution in [0.4, 0.5) is 0 Å². The Morgan fingerprint density at radius 1 is 1.14 bits per heavy atom. The average Bonchev–Trinajstić information content (AvgIpc) is 2.82. The van der Waals surface area contributed by atoms with Crippen LogP contribution >= 0.6 is 0 Å². The van der Waals surface area contributed by atoms with E-state index in [0.717, 1.165) is 22.6 Å². The number of benzene rings is 1. The van der Waals surface area contributed by atoms with Crippen LogP contribution in [0, 0.1) is 5.92 Å². The maximum absolute atomic E-state index is 12.5. The molecule has 0 bridgehead atoms. The number of pyridine rings is 1. The number of Topliss-reactive ketones (excluding diaryl/α,β-unsaturated/α-hetero) is 1. The van der Waals surface area contributed by atoms with E-state index in [-0.39, 0.29) is 38.5 Å². The molecule has 1 aromatic carbocycles. The van der Waals surface area contributed by atoms with Crippen molar-refractivity contribution in [2.75, 3.05) is 14.2 Å². The second kappa shape index (κ2) is 7.25. The largest absolute Gasteiger partial charge is 0.494 e. The number of hydrogen-bond acceptors (Lipinski definition) is 4. The molecular weight excluding hydrogens is 355 g/mol. The summed E-state index contributed by atoms with van der Waals surface area (Å²) < 4.78 is 10.6. The fourth-order valence-electron chi connectivity index (χ4n) is 2.67. The van der Waals surface area contributed by atoms with Gasteiger partial charge >= 0.3 is 0 Å². The Hall–Kier alpha value is -1.39. The molecule has 3 rings (SSSR count). The first-order chi connectivity index (χ1) is 10.2. The average molecular weight is 371 g/mol. The van der Waals surface area contributed by atoms with Gasteiger partial charge in [-0.3, -0.25) is 4.98 Å².